The van der Waals surface area contributed by atoms with Crippen LogP contribution in [0.3, 0.4) is 0 Å². The molecule has 1 heterocycles. The van der Waals surface area contributed by atoms with Crippen LogP contribution >= 0.6 is 0 Å². The van der Waals surface area contributed by atoms with Crippen molar-refractivity contribution < 1.29 is 9.59 Å². The molecule has 0 saturated carbocycles. The predicted octanol–water partition coefficient (Wildman–Crippen LogP) is 4.41. The van der Waals surface area contributed by atoms with Crippen molar-refractivity contribution in [3.8, 4) is 0 Å². The fourth-order valence-corrected chi connectivity index (χ4v) is 4.11. The summed E-state index contributed by atoms with van der Waals surface area (Å²) < 4.78 is 0. The average molecular weight is 437 g/mol. The molecule has 2 aromatic rings. The van der Waals surface area contributed by atoms with E-state index in [-0.39, 0.29) is 18.0 Å². The summed E-state index contributed by atoms with van der Waals surface area (Å²) in [5, 5.41) is 6.15. The van der Waals surface area contributed by atoms with Crippen LogP contribution in [0.25, 0.3) is 0 Å². The zero-order chi connectivity index (χ0) is 22.8. The van der Waals surface area contributed by atoms with Gasteiger partial charge in [0.1, 0.15) is 0 Å². The topological polar surface area (TPSA) is 64.7 Å². The molecule has 3 rings (SSSR count). The highest BCUT2D eigenvalue weighted by molar-refractivity contribution is 5.90. The van der Waals surface area contributed by atoms with E-state index in [4.69, 9.17) is 0 Å². The van der Waals surface area contributed by atoms with Gasteiger partial charge in [0, 0.05) is 50.9 Å². The lowest BCUT2D eigenvalue weighted by Gasteiger charge is -2.32. The molecular formula is C26H36N4O2. The molecular weight excluding hydrogens is 400 g/mol. The monoisotopic (exact) mass is 436 g/mol. The largest absolute Gasteiger partial charge is 0.353 e. The highest BCUT2D eigenvalue weighted by atomic mass is 16.2. The first-order valence-corrected chi connectivity index (χ1v) is 11.7. The van der Waals surface area contributed by atoms with Gasteiger partial charge in [-0.05, 0) is 43.4 Å². The van der Waals surface area contributed by atoms with Crippen molar-refractivity contribution in [1.82, 2.24) is 15.1 Å². The molecule has 0 bridgehead atoms. The summed E-state index contributed by atoms with van der Waals surface area (Å²) in [5.41, 5.74) is 3.16. The molecule has 0 unspecified atom stereocenters. The van der Waals surface area contributed by atoms with Crippen molar-refractivity contribution in [2.45, 2.75) is 52.1 Å². The maximum Gasteiger partial charge on any atom is 0.321 e. The van der Waals surface area contributed by atoms with Gasteiger partial charge in [0.25, 0.3) is 0 Å². The van der Waals surface area contributed by atoms with Crippen molar-refractivity contribution in [2.75, 3.05) is 31.5 Å². The lowest BCUT2D eigenvalue weighted by molar-refractivity contribution is -0.122. The van der Waals surface area contributed by atoms with Gasteiger partial charge in [-0.3, -0.25) is 9.69 Å². The molecule has 0 spiro atoms. The van der Waals surface area contributed by atoms with E-state index in [1.807, 2.05) is 44.2 Å². The Kier molecular flexibility index (Phi) is 9.11. The Morgan fingerprint density at radius 3 is 2.38 bits per heavy atom. The number of aryl methyl sites for hydroxylation is 1. The number of rotatable bonds is 9. The standard InChI is InChI=1S/C26H36N4O2/c1-3-16-30(26(32)28-24-12-8-7-9-21(24)2)19-15-25(31)27-23-13-17-29(18-14-23)20-22-10-5-4-6-11-22/h4-12,23H,3,13-20H2,1-2H3,(H,27,31)(H,28,32). The van der Waals surface area contributed by atoms with Crippen molar-refractivity contribution in [3.63, 3.8) is 0 Å². The lowest BCUT2D eigenvalue weighted by atomic mass is 10.0. The van der Waals surface area contributed by atoms with Crippen molar-refractivity contribution >= 4 is 17.6 Å². The third-order valence-corrected chi connectivity index (χ3v) is 5.98. The molecule has 172 valence electrons. The Morgan fingerprint density at radius 2 is 1.69 bits per heavy atom. The van der Waals surface area contributed by atoms with Crippen LogP contribution in [0.1, 0.15) is 43.7 Å². The number of nitrogens with one attached hydrogen (secondary N) is 2. The first-order chi connectivity index (χ1) is 15.5. The highest BCUT2D eigenvalue weighted by Gasteiger charge is 2.21. The van der Waals surface area contributed by atoms with Gasteiger partial charge in [-0.15, -0.1) is 0 Å². The van der Waals surface area contributed by atoms with Crippen LogP contribution in [0, 0.1) is 6.92 Å². The molecule has 1 aliphatic heterocycles. The molecule has 0 aliphatic carbocycles. The Hall–Kier alpha value is -2.86. The quantitative estimate of drug-likeness (QED) is 0.612. The third-order valence-electron chi connectivity index (χ3n) is 5.98. The minimum absolute atomic E-state index is 0.0244. The average Bonchev–Trinajstić information content (AvgIpc) is 2.80. The minimum Gasteiger partial charge on any atom is -0.353 e. The summed E-state index contributed by atoms with van der Waals surface area (Å²) in [5.74, 6) is 0.0244. The molecule has 2 aromatic carbocycles. The molecule has 0 atom stereocenters. The van der Waals surface area contributed by atoms with E-state index < -0.39 is 0 Å². The lowest BCUT2D eigenvalue weighted by Crippen LogP contribution is -2.45. The van der Waals surface area contributed by atoms with Crippen molar-refractivity contribution in [3.05, 3.63) is 65.7 Å². The summed E-state index contributed by atoms with van der Waals surface area (Å²) in [6, 6.07) is 18.3. The Bertz CT molecular complexity index is 863. The molecule has 1 fully saturated rings. The van der Waals surface area contributed by atoms with E-state index in [0.29, 0.717) is 19.5 Å². The zero-order valence-electron chi connectivity index (χ0n) is 19.3. The molecule has 1 aliphatic rings. The van der Waals surface area contributed by atoms with Gasteiger partial charge in [0.05, 0.1) is 0 Å². The maximum absolute atomic E-state index is 12.7. The Morgan fingerprint density at radius 1 is 1.00 bits per heavy atom. The molecule has 0 radical (unpaired) electrons. The third kappa shape index (κ3) is 7.38. The van der Waals surface area contributed by atoms with Crippen LogP contribution in [-0.2, 0) is 11.3 Å². The van der Waals surface area contributed by atoms with Crippen LogP contribution in [-0.4, -0.2) is 54.0 Å². The van der Waals surface area contributed by atoms with E-state index in [2.05, 4.69) is 39.8 Å². The van der Waals surface area contributed by atoms with Gasteiger partial charge >= 0.3 is 6.03 Å². The summed E-state index contributed by atoms with van der Waals surface area (Å²) in [4.78, 5) is 29.4. The van der Waals surface area contributed by atoms with Gasteiger partial charge in [0.15, 0.2) is 0 Å². The number of benzene rings is 2. The van der Waals surface area contributed by atoms with Crippen LogP contribution in [0.2, 0.25) is 0 Å². The van der Waals surface area contributed by atoms with Crippen LogP contribution < -0.4 is 10.6 Å². The van der Waals surface area contributed by atoms with Gasteiger partial charge < -0.3 is 15.5 Å². The number of amides is 3. The second kappa shape index (κ2) is 12.2. The minimum atomic E-state index is -0.150. The Balaban J connectivity index is 1.40. The fourth-order valence-electron chi connectivity index (χ4n) is 4.11. The van der Waals surface area contributed by atoms with Gasteiger partial charge in [-0.2, -0.15) is 0 Å². The number of para-hydroxylation sites is 1. The number of anilines is 1. The van der Waals surface area contributed by atoms with Gasteiger partial charge in [0.2, 0.25) is 5.91 Å². The van der Waals surface area contributed by atoms with E-state index in [0.717, 1.165) is 50.1 Å². The number of urea groups is 1. The summed E-state index contributed by atoms with van der Waals surface area (Å²) in [7, 11) is 0. The molecule has 6 heteroatoms. The van der Waals surface area contributed by atoms with Crippen molar-refractivity contribution in [2.24, 2.45) is 0 Å². The van der Waals surface area contributed by atoms with E-state index in [1.54, 1.807) is 4.90 Å². The van der Waals surface area contributed by atoms with E-state index >= 15 is 0 Å². The molecule has 1 saturated heterocycles. The number of carbonyl (C=O) groups excluding carboxylic acids is 2. The Labute approximate surface area is 192 Å². The van der Waals surface area contributed by atoms with Gasteiger partial charge in [-0.25, -0.2) is 4.79 Å². The number of hydrogen-bond acceptors (Lipinski definition) is 3. The second-order valence-corrected chi connectivity index (χ2v) is 8.59. The summed E-state index contributed by atoms with van der Waals surface area (Å²) >= 11 is 0. The molecule has 3 amide bonds. The zero-order valence-corrected chi connectivity index (χ0v) is 19.3. The van der Waals surface area contributed by atoms with Gasteiger partial charge in [-0.1, -0.05) is 55.5 Å². The first-order valence-electron chi connectivity index (χ1n) is 11.7. The molecule has 32 heavy (non-hydrogen) atoms. The van der Waals surface area contributed by atoms with Crippen LogP contribution in [0.4, 0.5) is 10.5 Å². The number of nitrogens with zero attached hydrogens (tertiary/aromatic N) is 2. The summed E-state index contributed by atoms with van der Waals surface area (Å²) in [6.07, 6.45) is 3.10. The van der Waals surface area contributed by atoms with Crippen molar-refractivity contribution in [1.29, 1.82) is 0 Å². The smallest absolute Gasteiger partial charge is 0.321 e. The number of piperidine rings is 1. The first kappa shape index (κ1) is 23.8. The number of hydrogen-bond donors (Lipinski definition) is 2. The normalized spacial score (nSPS) is 14.7. The summed E-state index contributed by atoms with van der Waals surface area (Å²) in [6.45, 7) is 7.99. The highest BCUT2D eigenvalue weighted by Crippen LogP contribution is 2.15. The molecule has 0 aromatic heterocycles. The van der Waals surface area contributed by atoms with E-state index in [1.165, 1.54) is 5.56 Å². The van der Waals surface area contributed by atoms with E-state index in [9.17, 15) is 9.59 Å². The fraction of sp³-hybridized carbons (Fsp3) is 0.462. The SMILES string of the molecule is CCCN(CCC(=O)NC1CCN(Cc2ccccc2)CC1)C(=O)Nc1ccccc1C. The molecule has 6 nitrogen and oxygen atoms in total. The van der Waals surface area contributed by atoms with Crippen LogP contribution in [0.5, 0.6) is 0 Å². The molecule has 2 N–H and O–H groups in total. The maximum atomic E-state index is 12.7. The number of likely N-dealkylation sites (tertiary alicyclic amines) is 1. The van der Waals surface area contributed by atoms with Crippen LogP contribution in [0.15, 0.2) is 54.6 Å². The number of carbonyl (C=O) groups is 2. The second-order valence-electron chi connectivity index (χ2n) is 8.59. The predicted molar refractivity (Wildman–Crippen MR) is 130 cm³/mol.